The molecule has 4 fully saturated rings. The van der Waals surface area contributed by atoms with Crippen molar-refractivity contribution in [2.75, 3.05) is 32.9 Å². The van der Waals surface area contributed by atoms with E-state index < -0.39 is 5.54 Å². The number of nitrogens with zero attached hydrogens (tertiary/aromatic N) is 2. The molecule has 0 bridgehead atoms. The van der Waals surface area contributed by atoms with Crippen molar-refractivity contribution in [2.24, 2.45) is 11.8 Å². The molecule has 1 atom stereocenters. The highest BCUT2D eigenvalue weighted by Gasteiger charge is 2.52. The summed E-state index contributed by atoms with van der Waals surface area (Å²) in [5.74, 6) is 0.656. The average Bonchev–Trinajstić information content (AvgIpc) is 3.32. The first-order valence-electron chi connectivity index (χ1n) is 11.2. The Morgan fingerprint density at radius 1 is 1.17 bits per heavy atom. The van der Waals surface area contributed by atoms with Crippen LogP contribution in [0.3, 0.4) is 0 Å². The van der Waals surface area contributed by atoms with Crippen molar-refractivity contribution < 1.29 is 19.1 Å². The third-order valence-corrected chi connectivity index (χ3v) is 7.20. The minimum absolute atomic E-state index is 0.00179. The molecule has 3 aliphatic heterocycles. The highest BCUT2D eigenvalue weighted by molar-refractivity contribution is 6.07. The lowest BCUT2D eigenvalue weighted by Crippen LogP contribution is -2.50. The fourth-order valence-electron chi connectivity index (χ4n) is 5.10. The second-order valence-electron chi connectivity index (χ2n) is 9.34. The van der Waals surface area contributed by atoms with Gasteiger partial charge in [-0.2, -0.15) is 0 Å². The first kappa shape index (κ1) is 20.6. The number of carbonyl (C=O) groups is 3. The molecule has 2 N–H and O–H groups in total. The molecule has 3 saturated heterocycles. The van der Waals surface area contributed by atoms with E-state index in [9.17, 15) is 14.4 Å². The zero-order valence-electron chi connectivity index (χ0n) is 17.5. The van der Waals surface area contributed by atoms with Gasteiger partial charge in [-0.05, 0) is 57.3 Å². The van der Waals surface area contributed by atoms with Crippen molar-refractivity contribution in [3.63, 3.8) is 0 Å². The fourth-order valence-corrected chi connectivity index (χ4v) is 5.10. The lowest BCUT2D eigenvalue weighted by atomic mass is 9.77. The van der Waals surface area contributed by atoms with Gasteiger partial charge in [0.05, 0.1) is 12.8 Å². The van der Waals surface area contributed by atoms with Gasteiger partial charge in [0, 0.05) is 32.2 Å². The molecular formula is C21H34N4O4. The Labute approximate surface area is 172 Å². The van der Waals surface area contributed by atoms with Crippen LogP contribution in [0.5, 0.6) is 0 Å². The predicted octanol–water partition coefficient (Wildman–Crippen LogP) is 1.45. The number of carbonyl (C=O) groups excluding carboxylic acids is 3. The van der Waals surface area contributed by atoms with E-state index in [0.29, 0.717) is 19.1 Å². The molecule has 162 valence electrons. The minimum Gasteiger partial charge on any atom is -0.376 e. The van der Waals surface area contributed by atoms with Gasteiger partial charge in [0.1, 0.15) is 5.54 Å². The number of ether oxygens (including phenoxy) is 1. The molecule has 8 heteroatoms. The zero-order chi connectivity index (χ0) is 20.4. The number of likely N-dealkylation sites (tertiary alicyclic amines) is 1. The first-order chi connectivity index (χ1) is 14.0. The quantitative estimate of drug-likeness (QED) is 0.675. The number of urea groups is 1. The Morgan fingerprint density at radius 3 is 2.55 bits per heavy atom. The summed E-state index contributed by atoms with van der Waals surface area (Å²) in [6.45, 7) is 5.36. The monoisotopic (exact) mass is 406 g/mol. The smallest absolute Gasteiger partial charge is 0.326 e. The maximum Gasteiger partial charge on any atom is 0.326 e. The van der Waals surface area contributed by atoms with E-state index in [0.717, 1.165) is 71.1 Å². The van der Waals surface area contributed by atoms with Crippen LogP contribution in [0.25, 0.3) is 0 Å². The standard InChI is InChI=1S/C21H34N4O4/c1-15-4-8-21(9-5-15)19(27)25(20(28)23-21)14-24-10-6-16(7-11-24)18(26)22-13-17-3-2-12-29-17/h15-17H,2-14H2,1H3,(H,22,26)(H,23,28). The Bertz CT molecular complexity index is 633. The van der Waals surface area contributed by atoms with Crippen LogP contribution in [0.15, 0.2) is 0 Å². The van der Waals surface area contributed by atoms with Gasteiger partial charge in [-0.15, -0.1) is 0 Å². The number of piperidine rings is 1. The Balaban J connectivity index is 1.23. The summed E-state index contributed by atoms with van der Waals surface area (Å²) in [6, 6.07) is -0.263. The largest absolute Gasteiger partial charge is 0.376 e. The highest BCUT2D eigenvalue weighted by atomic mass is 16.5. The number of nitrogens with one attached hydrogen (secondary N) is 2. The summed E-state index contributed by atoms with van der Waals surface area (Å²) in [6.07, 6.45) is 7.19. The number of amides is 4. The van der Waals surface area contributed by atoms with Crippen molar-refractivity contribution in [1.82, 2.24) is 20.4 Å². The van der Waals surface area contributed by atoms with Crippen molar-refractivity contribution in [3.05, 3.63) is 0 Å². The zero-order valence-corrected chi connectivity index (χ0v) is 17.5. The molecule has 1 saturated carbocycles. The summed E-state index contributed by atoms with van der Waals surface area (Å²) in [5, 5.41) is 6.01. The van der Waals surface area contributed by atoms with Crippen molar-refractivity contribution in [3.8, 4) is 0 Å². The molecule has 1 aliphatic carbocycles. The minimum atomic E-state index is -0.676. The lowest BCUT2D eigenvalue weighted by molar-refractivity contribution is -0.135. The second kappa shape index (κ2) is 8.60. The van der Waals surface area contributed by atoms with Crippen LogP contribution in [0.1, 0.15) is 58.3 Å². The normalized spacial score (nSPS) is 34.0. The molecule has 0 aromatic heterocycles. The second-order valence-corrected chi connectivity index (χ2v) is 9.34. The summed E-state index contributed by atoms with van der Waals surface area (Å²) in [7, 11) is 0. The van der Waals surface area contributed by atoms with Crippen LogP contribution >= 0.6 is 0 Å². The Hall–Kier alpha value is -1.67. The molecule has 1 unspecified atom stereocenters. The number of rotatable bonds is 5. The van der Waals surface area contributed by atoms with Crippen molar-refractivity contribution in [2.45, 2.75) is 69.9 Å². The summed E-state index contributed by atoms with van der Waals surface area (Å²) < 4.78 is 5.56. The number of hydrogen-bond donors (Lipinski definition) is 2. The molecule has 29 heavy (non-hydrogen) atoms. The third kappa shape index (κ3) is 4.43. The van der Waals surface area contributed by atoms with Gasteiger partial charge in [-0.25, -0.2) is 9.69 Å². The predicted molar refractivity (Wildman–Crippen MR) is 107 cm³/mol. The molecule has 4 aliphatic rings. The highest BCUT2D eigenvalue weighted by Crippen LogP contribution is 2.36. The summed E-state index contributed by atoms with van der Waals surface area (Å²) in [4.78, 5) is 41.4. The number of hydrogen-bond acceptors (Lipinski definition) is 5. The molecule has 8 nitrogen and oxygen atoms in total. The fraction of sp³-hybridized carbons (Fsp3) is 0.857. The van der Waals surface area contributed by atoms with Crippen molar-refractivity contribution in [1.29, 1.82) is 0 Å². The van der Waals surface area contributed by atoms with Crippen LogP contribution in [0.2, 0.25) is 0 Å². The van der Waals surface area contributed by atoms with Gasteiger partial charge < -0.3 is 15.4 Å². The van der Waals surface area contributed by atoms with Crippen LogP contribution in [-0.2, 0) is 14.3 Å². The van der Waals surface area contributed by atoms with Gasteiger partial charge in [0.2, 0.25) is 5.91 Å². The van der Waals surface area contributed by atoms with E-state index in [1.807, 2.05) is 0 Å². The first-order valence-corrected chi connectivity index (χ1v) is 11.2. The molecule has 4 amide bonds. The van der Waals surface area contributed by atoms with E-state index in [2.05, 4.69) is 22.5 Å². The van der Waals surface area contributed by atoms with Crippen LogP contribution < -0.4 is 10.6 Å². The van der Waals surface area contributed by atoms with Crippen LogP contribution in [0, 0.1) is 11.8 Å². The van der Waals surface area contributed by atoms with Crippen molar-refractivity contribution >= 4 is 17.8 Å². The van der Waals surface area contributed by atoms with Gasteiger partial charge in [-0.3, -0.25) is 14.5 Å². The van der Waals surface area contributed by atoms with E-state index in [4.69, 9.17) is 4.74 Å². The Morgan fingerprint density at radius 2 is 1.90 bits per heavy atom. The van der Waals surface area contributed by atoms with E-state index in [-0.39, 0.29) is 29.9 Å². The molecule has 3 heterocycles. The maximum atomic E-state index is 13.0. The molecule has 0 aromatic rings. The SMILES string of the molecule is CC1CCC2(CC1)NC(=O)N(CN1CCC(C(=O)NCC3CCCO3)CC1)C2=O. The molecule has 0 radical (unpaired) electrons. The van der Waals surface area contributed by atoms with E-state index in [1.165, 1.54) is 4.90 Å². The van der Waals surface area contributed by atoms with E-state index >= 15 is 0 Å². The topological polar surface area (TPSA) is 91.0 Å². The summed E-state index contributed by atoms with van der Waals surface area (Å²) >= 11 is 0. The van der Waals surface area contributed by atoms with Gasteiger partial charge in [0.15, 0.2) is 0 Å². The van der Waals surface area contributed by atoms with Crippen LogP contribution in [-0.4, -0.2) is 72.2 Å². The third-order valence-electron chi connectivity index (χ3n) is 7.20. The van der Waals surface area contributed by atoms with Gasteiger partial charge in [-0.1, -0.05) is 6.92 Å². The maximum absolute atomic E-state index is 13.0. The van der Waals surface area contributed by atoms with E-state index in [1.54, 1.807) is 0 Å². The molecule has 1 spiro atoms. The Kier molecular flexibility index (Phi) is 6.11. The molecular weight excluding hydrogens is 372 g/mol. The average molecular weight is 407 g/mol. The van der Waals surface area contributed by atoms with Gasteiger partial charge in [0.25, 0.3) is 5.91 Å². The number of imide groups is 1. The molecule has 4 rings (SSSR count). The van der Waals surface area contributed by atoms with Gasteiger partial charge >= 0.3 is 6.03 Å². The molecule has 0 aromatic carbocycles. The lowest BCUT2D eigenvalue weighted by Gasteiger charge is -2.35. The summed E-state index contributed by atoms with van der Waals surface area (Å²) in [5.41, 5.74) is -0.676. The van der Waals surface area contributed by atoms with Crippen LogP contribution in [0.4, 0.5) is 4.79 Å².